The van der Waals surface area contributed by atoms with Crippen molar-refractivity contribution in [1.82, 2.24) is 14.5 Å². The van der Waals surface area contributed by atoms with E-state index >= 15 is 0 Å². The Hall–Kier alpha value is -4.44. The molecule has 5 rings (SSSR count). The SMILES string of the molecule is N#Cc1ccccc1Cn1c(=O)n(Cc2ccc(C(=O)NC3CCCC3)cc2)c(=O)c2ccccc21. The lowest BCUT2D eigenvalue weighted by Crippen LogP contribution is -2.40. The van der Waals surface area contributed by atoms with Crippen LogP contribution in [0, 0.1) is 11.3 Å². The maximum absolute atomic E-state index is 13.6. The molecule has 1 fully saturated rings. The molecule has 0 aliphatic heterocycles. The standard InChI is InChI=1S/C29H26N4O3/c30-17-22-7-1-2-8-23(22)19-32-26-12-6-5-11-25(26)28(35)33(29(32)36)18-20-13-15-21(16-14-20)27(34)31-24-9-3-4-10-24/h1-2,5-8,11-16,24H,3-4,9-10,18-19H2,(H,31,34). The highest BCUT2D eigenvalue weighted by Crippen LogP contribution is 2.18. The van der Waals surface area contributed by atoms with Gasteiger partial charge >= 0.3 is 5.69 Å². The summed E-state index contributed by atoms with van der Waals surface area (Å²) in [5.74, 6) is -0.102. The molecule has 1 aliphatic carbocycles. The van der Waals surface area contributed by atoms with E-state index in [2.05, 4.69) is 11.4 Å². The number of amides is 1. The van der Waals surface area contributed by atoms with Crippen molar-refractivity contribution < 1.29 is 4.79 Å². The molecular weight excluding hydrogens is 452 g/mol. The van der Waals surface area contributed by atoms with Gasteiger partial charge in [0.15, 0.2) is 0 Å². The number of hydrogen-bond donors (Lipinski definition) is 1. The molecule has 1 saturated carbocycles. The molecule has 180 valence electrons. The Morgan fingerprint density at radius 1 is 0.889 bits per heavy atom. The number of benzene rings is 3. The zero-order valence-electron chi connectivity index (χ0n) is 19.8. The van der Waals surface area contributed by atoms with E-state index in [1.54, 1.807) is 60.7 Å². The van der Waals surface area contributed by atoms with Crippen LogP contribution in [0.1, 0.15) is 52.7 Å². The Morgan fingerprint density at radius 2 is 1.58 bits per heavy atom. The van der Waals surface area contributed by atoms with Crippen LogP contribution < -0.4 is 16.6 Å². The molecule has 0 bridgehead atoms. The van der Waals surface area contributed by atoms with Crippen LogP contribution in [0.25, 0.3) is 10.9 Å². The summed E-state index contributed by atoms with van der Waals surface area (Å²) in [7, 11) is 0. The topological polar surface area (TPSA) is 96.9 Å². The number of aromatic nitrogens is 2. The number of carbonyl (C=O) groups is 1. The first kappa shape index (κ1) is 23.3. The molecule has 7 nitrogen and oxygen atoms in total. The minimum absolute atomic E-state index is 0.0763. The van der Waals surface area contributed by atoms with Gasteiger partial charge in [0.05, 0.1) is 35.6 Å². The minimum atomic E-state index is -0.450. The van der Waals surface area contributed by atoms with Crippen LogP contribution in [0.15, 0.2) is 82.4 Å². The van der Waals surface area contributed by atoms with Gasteiger partial charge in [0.2, 0.25) is 0 Å². The Kier molecular flexibility index (Phi) is 6.50. The van der Waals surface area contributed by atoms with Gasteiger partial charge in [0.1, 0.15) is 0 Å². The smallest absolute Gasteiger partial charge is 0.332 e. The molecule has 4 aromatic rings. The largest absolute Gasteiger partial charge is 0.349 e. The first-order valence-corrected chi connectivity index (χ1v) is 12.2. The summed E-state index contributed by atoms with van der Waals surface area (Å²) in [6, 6.07) is 23.5. The van der Waals surface area contributed by atoms with E-state index in [-0.39, 0.29) is 30.6 Å². The summed E-state index contributed by atoms with van der Waals surface area (Å²) in [5, 5.41) is 13.0. The highest BCUT2D eigenvalue weighted by Gasteiger charge is 2.18. The third-order valence-electron chi connectivity index (χ3n) is 6.85. The lowest BCUT2D eigenvalue weighted by atomic mass is 10.1. The van der Waals surface area contributed by atoms with Crippen molar-refractivity contribution in [2.75, 3.05) is 0 Å². The summed E-state index contributed by atoms with van der Waals surface area (Å²) in [5.41, 5.74) is 2.19. The molecule has 1 amide bonds. The third kappa shape index (κ3) is 4.58. The monoisotopic (exact) mass is 478 g/mol. The highest BCUT2D eigenvalue weighted by molar-refractivity contribution is 5.94. The van der Waals surface area contributed by atoms with E-state index in [0.717, 1.165) is 31.2 Å². The van der Waals surface area contributed by atoms with Crippen molar-refractivity contribution in [2.24, 2.45) is 0 Å². The van der Waals surface area contributed by atoms with Crippen molar-refractivity contribution in [1.29, 1.82) is 5.26 Å². The van der Waals surface area contributed by atoms with Gasteiger partial charge in [-0.05, 0) is 54.3 Å². The van der Waals surface area contributed by atoms with Gasteiger partial charge < -0.3 is 5.32 Å². The first-order chi connectivity index (χ1) is 17.5. The number of carbonyl (C=O) groups excluding carboxylic acids is 1. The van der Waals surface area contributed by atoms with E-state index in [9.17, 15) is 19.6 Å². The number of rotatable bonds is 6. The average molecular weight is 479 g/mol. The number of hydrogen-bond acceptors (Lipinski definition) is 4. The number of fused-ring (bicyclic) bond motifs is 1. The van der Waals surface area contributed by atoms with Crippen molar-refractivity contribution in [3.63, 3.8) is 0 Å². The molecule has 0 spiro atoms. The number of nitrogens with zero attached hydrogens (tertiary/aromatic N) is 3. The number of nitriles is 1. The normalized spacial score (nSPS) is 13.5. The summed E-state index contributed by atoms with van der Waals surface area (Å²) in [4.78, 5) is 39.4. The van der Waals surface area contributed by atoms with Gasteiger partial charge in [0.25, 0.3) is 11.5 Å². The predicted octanol–water partition coefficient (Wildman–Crippen LogP) is 3.80. The quantitative estimate of drug-likeness (QED) is 0.456. The first-order valence-electron chi connectivity index (χ1n) is 12.2. The predicted molar refractivity (Wildman–Crippen MR) is 138 cm³/mol. The van der Waals surface area contributed by atoms with Crippen molar-refractivity contribution in [3.05, 3.63) is 116 Å². The van der Waals surface area contributed by atoms with Crippen molar-refractivity contribution in [3.8, 4) is 6.07 Å². The van der Waals surface area contributed by atoms with Gasteiger partial charge in [-0.2, -0.15) is 5.26 Å². The molecule has 0 radical (unpaired) electrons. The minimum Gasteiger partial charge on any atom is -0.349 e. The van der Waals surface area contributed by atoms with E-state index in [1.165, 1.54) is 9.13 Å². The third-order valence-corrected chi connectivity index (χ3v) is 6.85. The molecule has 1 aromatic heterocycles. The maximum Gasteiger partial charge on any atom is 0.332 e. The second-order valence-corrected chi connectivity index (χ2v) is 9.20. The van der Waals surface area contributed by atoms with Gasteiger partial charge in [-0.15, -0.1) is 0 Å². The summed E-state index contributed by atoms with van der Waals surface area (Å²) >= 11 is 0. The molecule has 0 saturated heterocycles. The molecular formula is C29H26N4O3. The molecule has 3 aromatic carbocycles. The lowest BCUT2D eigenvalue weighted by Gasteiger charge is -2.15. The van der Waals surface area contributed by atoms with Crippen LogP contribution in [0.3, 0.4) is 0 Å². The van der Waals surface area contributed by atoms with Crippen LogP contribution in [0.5, 0.6) is 0 Å². The van der Waals surface area contributed by atoms with Crippen LogP contribution in [-0.2, 0) is 13.1 Å². The van der Waals surface area contributed by atoms with Crippen LogP contribution in [-0.4, -0.2) is 21.1 Å². The fourth-order valence-electron chi connectivity index (χ4n) is 4.88. The molecule has 36 heavy (non-hydrogen) atoms. The van der Waals surface area contributed by atoms with Crippen LogP contribution in [0.4, 0.5) is 0 Å². The fraction of sp³-hybridized carbons (Fsp3) is 0.241. The molecule has 1 N–H and O–H groups in total. The Bertz CT molecular complexity index is 1590. The average Bonchev–Trinajstić information content (AvgIpc) is 3.42. The summed E-state index contributed by atoms with van der Waals surface area (Å²) < 4.78 is 2.75. The highest BCUT2D eigenvalue weighted by atomic mass is 16.2. The van der Waals surface area contributed by atoms with Gasteiger partial charge in [-0.3, -0.25) is 18.7 Å². The van der Waals surface area contributed by atoms with Crippen molar-refractivity contribution >= 4 is 16.8 Å². The van der Waals surface area contributed by atoms with Gasteiger partial charge in [-0.25, -0.2) is 4.79 Å². The molecule has 1 heterocycles. The van der Waals surface area contributed by atoms with E-state index in [4.69, 9.17) is 0 Å². The second-order valence-electron chi connectivity index (χ2n) is 9.20. The Balaban J connectivity index is 1.48. The van der Waals surface area contributed by atoms with Crippen LogP contribution >= 0.6 is 0 Å². The zero-order chi connectivity index (χ0) is 25.1. The Labute approximate surface area is 208 Å². The fourth-order valence-corrected chi connectivity index (χ4v) is 4.88. The summed E-state index contributed by atoms with van der Waals surface area (Å²) in [6.07, 6.45) is 4.31. The van der Waals surface area contributed by atoms with E-state index in [0.29, 0.717) is 27.6 Å². The second kappa shape index (κ2) is 10.0. The van der Waals surface area contributed by atoms with E-state index < -0.39 is 5.69 Å². The lowest BCUT2D eigenvalue weighted by molar-refractivity contribution is 0.0938. The number of para-hydroxylation sites is 1. The molecule has 1 aliphatic rings. The summed E-state index contributed by atoms with van der Waals surface area (Å²) in [6.45, 7) is 0.247. The maximum atomic E-state index is 13.6. The molecule has 0 unspecified atom stereocenters. The van der Waals surface area contributed by atoms with Crippen molar-refractivity contribution in [2.45, 2.75) is 44.8 Å². The number of nitrogens with one attached hydrogen (secondary N) is 1. The molecule has 7 heteroatoms. The molecule has 0 atom stereocenters. The van der Waals surface area contributed by atoms with Gasteiger partial charge in [-0.1, -0.05) is 55.3 Å². The zero-order valence-corrected chi connectivity index (χ0v) is 19.8. The van der Waals surface area contributed by atoms with Gasteiger partial charge in [0, 0.05) is 11.6 Å². The Morgan fingerprint density at radius 3 is 2.33 bits per heavy atom. The van der Waals surface area contributed by atoms with E-state index in [1.807, 2.05) is 12.1 Å². The van der Waals surface area contributed by atoms with Crippen LogP contribution in [0.2, 0.25) is 0 Å².